The molecule has 6 heterocycles. The van der Waals surface area contributed by atoms with E-state index in [1.54, 1.807) is 12.5 Å². The van der Waals surface area contributed by atoms with Gasteiger partial charge >= 0.3 is 0 Å². The first-order valence-corrected chi connectivity index (χ1v) is 17.5. The molecule has 0 spiro atoms. The van der Waals surface area contributed by atoms with Gasteiger partial charge in [-0.1, -0.05) is 38.7 Å². The van der Waals surface area contributed by atoms with Crippen LogP contribution in [0.25, 0.3) is 50.4 Å². The van der Waals surface area contributed by atoms with Crippen LogP contribution in [0.3, 0.4) is 0 Å². The molecule has 4 aromatic heterocycles. The number of H-pyrrole nitrogens is 1. The van der Waals surface area contributed by atoms with Crippen molar-refractivity contribution in [3.63, 3.8) is 0 Å². The van der Waals surface area contributed by atoms with Crippen molar-refractivity contribution in [3.05, 3.63) is 107 Å². The fourth-order valence-corrected chi connectivity index (χ4v) is 7.13. The minimum Gasteiger partial charge on any atom is -0.370 e. The first-order valence-electron chi connectivity index (χ1n) is 17.5. The quantitative estimate of drug-likeness (QED) is 0.103. The molecule has 2 aliphatic rings. The second kappa shape index (κ2) is 16.0. The molecular weight excluding hydrogens is 692 g/mol. The van der Waals surface area contributed by atoms with Gasteiger partial charge in [0.15, 0.2) is 0 Å². The Balaban J connectivity index is 0.00000523. The number of hydrogen-bond donors (Lipinski definition) is 3. The van der Waals surface area contributed by atoms with E-state index in [1.165, 1.54) is 0 Å². The monoisotopic (exact) mass is 738 g/mol. The summed E-state index contributed by atoms with van der Waals surface area (Å²) in [7, 11) is 0. The van der Waals surface area contributed by atoms with E-state index in [4.69, 9.17) is 15.7 Å². The number of primary amides is 1. The third kappa shape index (κ3) is 7.24. The van der Waals surface area contributed by atoms with E-state index in [9.17, 15) is 9.59 Å². The Labute approximate surface area is 315 Å². The van der Waals surface area contributed by atoms with E-state index < -0.39 is 5.91 Å². The Bertz CT molecular complexity index is 2300. The van der Waals surface area contributed by atoms with Gasteiger partial charge in [-0.2, -0.15) is 0 Å². The number of aromatic amines is 1. The number of nitrogens with two attached hydrogens (primary N) is 1. The van der Waals surface area contributed by atoms with E-state index in [-0.39, 0.29) is 29.4 Å². The number of allylic oxidation sites excluding steroid dienone is 4. The van der Waals surface area contributed by atoms with E-state index >= 15 is 0 Å². The summed E-state index contributed by atoms with van der Waals surface area (Å²) in [5.41, 5.74) is 19.6. The average Bonchev–Trinajstić information content (AvgIpc) is 3.89. The van der Waals surface area contributed by atoms with Crippen LogP contribution in [0.4, 0.5) is 0 Å². The van der Waals surface area contributed by atoms with Gasteiger partial charge in [0.25, 0.3) is 5.91 Å². The van der Waals surface area contributed by atoms with Crippen molar-refractivity contribution in [1.29, 1.82) is 0 Å². The third-order valence-electron chi connectivity index (χ3n) is 9.92. The Kier molecular flexibility index (Phi) is 11.7. The zero-order chi connectivity index (χ0) is 36.4. The third-order valence-corrected chi connectivity index (χ3v) is 9.92. The van der Waals surface area contributed by atoms with Crippen LogP contribution >= 0.6 is 0 Å². The molecule has 6 rings (SSSR count). The zero-order valence-electron chi connectivity index (χ0n) is 30.5. The molecule has 4 aromatic rings. The second-order valence-electron chi connectivity index (χ2n) is 13.2. The number of aryl methyl sites for hydroxylation is 5. The summed E-state index contributed by atoms with van der Waals surface area (Å²) in [5.74, 6) is -0.578. The van der Waals surface area contributed by atoms with Crippen molar-refractivity contribution < 1.29 is 26.7 Å². The Morgan fingerprint density at radius 1 is 0.904 bits per heavy atom. The van der Waals surface area contributed by atoms with Crippen molar-refractivity contribution >= 4 is 62.2 Å². The molecule has 270 valence electrons. The Morgan fingerprint density at radius 3 is 2.29 bits per heavy atom. The first kappa shape index (κ1) is 38.0. The molecule has 11 heteroatoms. The number of nitrogens with one attached hydrogen (secondary N) is 2. The molecule has 0 saturated heterocycles. The van der Waals surface area contributed by atoms with E-state index in [1.807, 2.05) is 48.0 Å². The van der Waals surface area contributed by atoms with Crippen molar-refractivity contribution in [2.24, 2.45) is 5.73 Å². The fraction of sp³-hybridized carbons (Fsp3) is 0.293. The van der Waals surface area contributed by atoms with Gasteiger partial charge in [0, 0.05) is 88.7 Å². The Hall–Kier alpha value is -5.25. The number of aromatic nitrogens is 6. The van der Waals surface area contributed by atoms with Gasteiger partial charge in [-0.15, -0.1) is 0 Å². The summed E-state index contributed by atoms with van der Waals surface area (Å²) in [6.07, 6.45) is 11.7. The molecule has 0 radical (unpaired) electrons. The molecule has 0 fully saturated rings. The summed E-state index contributed by atoms with van der Waals surface area (Å²) in [4.78, 5) is 44.2. The smallest absolute Gasteiger partial charge is 0.253 e. The summed E-state index contributed by atoms with van der Waals surface area (Å²) >= 11 is 0. The summed E-state index contributed by atoms with van der Waals surface area (Å²) in [5, 5.41) is 3.14. The second-order valence-corrected chi connectivity index (χ2v) is 13.2. The topological polar surface area (TPSA) is 137 Å². The number of carbonyl (C=O) groups is 2. The number of imidazole rings is 1. The van der Waals surface area contributed by atoms with Crippen molar-refractivity contribution in [3.8, 4) is 0 Å². The van der Waals surface area contributed by atoms with Gasteiger partial charge < -0.3 is 25.2 Å². The van der Waals surface area contributed by atoms with Crippen LogP contribution in [0, 0.1) is 13.8 Å². The van der Waals surface area contributed by atoms with Gasteiger partial charge in [0.1, 0.15) is 0 Å². The van der Waals surface area contributed by atoms with Gasteiger partial charge in [0.2, 0.25) is 5.91 Å². The molecule has 0 aromatic carbocycles. The number of amides is 2. The number of fused-ring (bicyclic) bond motifs is 8. The maximum Gasteiger partial charge on any atom is 0.253 e. The largest absolute Gasteiger partial charge is 0.370 e. The first-order chi connectivity index (χ1) is 24.6. The maximum atomic E-state index is 14.1. The SMILES string of the molecule is C=CC1=C(C)c2cc3c(C)c(CCC)c(cc4nc(cc5[nH]c(cc1n2)c(C)c5C=C)C(C)=C4C(=O)NCCCn1ccnc1)n3CCC(N)=O.[Fe]. The van der Waals surface area contributed by atoms with Crippen LogP contribution in [0.15, 0.2) is 62.2 Å². The van der Waals surface area contributed by atoms with Gasteiger partial charge in [-0.05, 0) is 92.6 Å². The molecule has 4 N–H and O–H groups in total. The maximum absolute atomic E-state index is 14.1. The molecule has 2 amide bonds. The fourth-order valence-electron chi connectivity index (χ4n) is 7.13. The minimum absolute atomic E-state index is 0. The van der Waals surface area contributed by atoms with Gasteiger partial charge in [-0.25, -0.2) is 15.0 Å². The van der Waals surface area contributed by atoms with Gasteiger partial charge in [-0.3, -0.25) is 9.59 Å². The summed E-state index contributed by atoms with van der Waals surface area (Å²) < 4.78 is 4.13. The normalized spacial score (nSPS) is 12.6. The minimum atomic E-state index is -0.390. The van der Waals surface area contributed by atoms with Crippen molar-refractivity contribution in [2.75, 3.05) is 6.54 Å². The molecule has 0 aliphatic carbocycles. The van der Waals surface area contributed by atoms with E-state index in [2.05, 4.69) is 66.8 Å². The van der Waals surface area contributed by atoms with Crippen LogP contribution in [-0.4, -0.2) is 47.4 Å². The number of hydrogen-bond acceptors (Lipinski definition) is 5. The summed E-state index contributed by atoms with van der Waals surface area (Å²) in [6.45, 7) is 20.1. The molecule has 0 unspecified atom stereocenters. The van der Waals surface area contributed by atoms with Crippen LogP contribution in [0.5, 0.6) is 0 Å². The predicted molar refractivity (Wildman–Crippen MR) is 207 cm³/mol. The number of rotatable bonds is 12. The predicted octanol–water partition coefficient (Wildman–Crippen LogP) is 7.32. The Morgan fingerprint density at radius 2 is 1.62 bits per heavy atom. The van der Waals surface area contributed by atoms with E-state index in [0.29, 0.717) is 30.1 Å². The van der Waals surface area contributed by atoms with Crippen molar-refractivity contribution in [1.82, 2.24) is 34.4 Å². The standard InChI is InChI=1S/C41H46N8O2.Fe/c1-8-12-30-26(6)37-21-33-25(5)29(10-3)34(46-33)19-31-24(4)28(9-2)35(45-31)20-32-27(7)40(41(51)44-14-11-16-48-18-15-43-23-48)36(47-32)22-38(30)49(37)17-13-39(42)50;/h9-10,15,18-23,45H,2-3,8,11-14,16-17H2,1,4-7H3,(H2,42,50)(H,44,51);. The molecular formula is C41H46FeN8O2. The van der Waals surface area contributed by atoms with Crippen LogP contribution in [0.2, 0.25) is 0 Å². The summed E-state index contributed by atoms with van der Waals surface area (Å²) in [6, 6.07) is 8.14. The average molecular weight is 739 g/mol. The van der Waals surface area contributed by atoms with Crippen LogP contribution in [-0.2, 0) is 46.2 Å². The zero-order valence-corrected chi connectivity index (χ0v) is 31.6. The van der Waals surface area contributed by atoms with Gasteiger partial charge in [0.05, 0.1) is 34.7 Å². The molecule has 0 saturated carbocycles. The van der Waals surface area contributed by atoms with E-state index in [0.717, 1.165) is 98.2 Å². The number of carbonyl (C=O) groups excluding carboxylic acids is 2. The van der Waals surface area contributed by atoms with Crippen LogP contribution in [0.1, 0.15) is 85.1 Å². The van der Waals surface area contributed by atoms with Crippen molar-refractivity contribution in [2.45, 2.75) is 73.4 Å². The van der Waals surface area contributed by atoms with Crippen LogP contribution < -0.4 is 11.1 Å². The molecule has 52 heavy (non-hydrogen) atoms. The number of nitrogens with zero attached hydrogens (tertiary/aromatic N) is 5. The molecule has 2 aliphatic heterocycles. The molecule has 8 bridgehead atoms. The molecule has 10 nitrogen and oxygen atoms in total. The molecule has 0 atom stereocenters.